The maximum atomic E-state index is 13.0. The van der Waals surface area contributed by atoms with Gasteiger partial charge in [-0.1, -0.05) is 24.3 Å². The minimum absolute atomic E-state index is 0.268. The highest BCUT2D eigenvalue weighted by atomic mass is 19.4. The maximum absolute atomic E-state index is 13.0. The van der Waals surface area contributed by atoms with Crippen LogP contribution in [0.1, 0.15) is 35.9 Å². The number of imidazole rings is 1. The summed E-state index contributed by atoms with van der Waals surface area (Å²) in [5.74, 6) is 2.23. The highest BCUT2D eigenvalue weighted by Gasteiger charge is 2.34. The molecule has 3 aromatic heterocycles. The summed E-state index contributed by atoms with van der Waals surface area (Å²) >= 11 is 0. The summed E-state index contributed by atoms with van der Waals surface area (Å²) in [6, 6.07) is 11.0. The van der Waals surface area contributed by atoms with E-state index in [1.165, 1.54) is 4.57 Å². The third kappa shape index (κ3) is 4.89. The van der Waals surface area contributed by atoms with E-state index in [0.29, 0.717) is 30.4 Å². The van der Waals surface area contributed by atoms with Crippen molar-refractivity contribution in [1.29, 1.82) is 0 Å². The minimum Gasteiger partial charge on any atom is -0.478 e. The van der Waals surface area contributed by atoms with E-state index >= 15 is 0 Å². The molecule has 1 aliphatic rings. The van der Waals surface area contributed by atoms with Crippen molar-refractivity contribution in [3.05, 3.63) is 71.3 Å². The highest BCUT2D eigenvalue weighted by Crippen LogP contribution is 2.32. The fourth-order valence-electron chi connectivity index (χ4n) is 4.28. The van der Waals surface area contributed by atoms with Crippen LogP contribution in [-0.2, 0) is 32.6 Å². The zero-order valence-corrected chi connectivity index (χ0v) is 19.9. The lowest BCUT2D eigenvalue weighted by molar-refractivity contribution is -0.140. The Morgan fingerprint density at radius 2 is 1.78 bits per heavy atom. The van der Waals surface area contributed by atoms with Crippen LogP contribution in [-0.4, -0.2) is 31.1 Å². The monoisotopic (exact) mass is 494 g/mol. The summed E-state index contributed by atoms with van der Waals surface area (Å²) in [7, 11) is 1.56. The number of ether oxygens (including phenoxy) is 1. The molecule has 4 aromatic rings. The van der Waals surface area contributed by atoms with Crippen LogP contribution in [0.3, 0.4) is 0 Å². The first-order chi connectivity index (χ1) is 17.3. The van der Waals surface area contributed by atoms with Gasteiger partial charge in [0.25, 0.3) is 0 Å². The number of alkyl halides is 3. The summed E-state index contributed by atoms with van der Waals surface area (Å²) in [5.41, 5.74) is 3.67. The van der Waals surface area contributed by atoms with Crippen LogP contribution in [0, 0.1) is 0 Å². The molecule has 0 fully saturated rings. The SMILES string of the molecule is CCOc1ccc(-c2nc3c(c(NCc4ccc(-c5nc(C(F)(F)F)cn5C)cc4)n2)CCC3)cn1. The van der Waals surface area contributed by atoms with Gasteiger partial charge in [-0.05, 0) is 37.8 Å². The van der Waals surface area contributed by atoms with Crippen LogP contribution in [0.15, 0.2) is 48.8 Å². The number of rotatable bonds is 7. The van der Waals surface area contributed by atoms with E-state index in [4.69, 9.17) is 14.7 Å². The zero-order valence-electron chi connectivity index (χ0n) is 19.9. The van der Waals surface area contributed by atoms with Crippen molar-refractivity contribution in [2.45, 2.75) is 38.9 Å². The average Bonchev–Trinajstić information content (AvgIpc) is 3.50. The number of nitrogens with one attached hydrogen (secondary N) is 1. The number of aryl methyl sites for hydroxylation is 2. The maximum Gasteiger partial charge on any atom is 0.434 e. The number of aromatic nitrogens is 5. The lowest BCUT2D eigenvalue weighted by Crippen LogP contribution is -2.07. The summed E-state index contributed by atoms with van der Waals surface area (Å²) < 4.78 is 45.8. The summed E-state index contributed by atoms with van der Waals surface area (Å²) in [6.07, 6.45) is 1.09. The molecule has 5 rings (SSSR count). The van der Waals surface area contributed by atoms with Crippen LogP contribution >= 0.6 is 0 Å². The van der Waals surface area contributed by atoms with Crippen molar-refractivity contribution in [3.8, 4) is 28.7 Å². The smallest absolute Gasteiger partial charge is 0.434 e. The molecule has 1 N–H and O–H groups in total. The Morgan fingerprint density at radius 1 is 1.00 bits per heavy atom. The normalized spacial score (nSPS) is 13.0. The molecule has 0 spiro atoms. The number of benzene rings is 1. The van der Waals surface area contributed by atoms with Gasteiger partial charge >= 0.3 is 6.18 Å². The molecule has 1 aliphatic carbocycles. The second-order valence-electron chi connectivity index (χ2n) is 8.60. The molecule has 0 radical (unpaired) electrons. The number of anilines is 1. The van der Waals surface area contributed by atoms with Crippen molar-refractivity contribution >= 4 is 5.82 Å². The molecule has 0 amide bonds. The molecule has 0 saturated carbocycles. The van der Waals surface area contributed by atoms with E-state index in [1.54, 1.807) is 25.4 Å². The molecule has 186 valence electrons. The Kier molecular flexibility index (Phi) is 6.34. The van der Waals surface area contributed by atoms with Gasteiger partial charge in [0.2, 0.25) is 5.88 Å². The van der Waals surface area contributed by atoms with Gasteiger partial charge in [0, 0.05) is 54.4 Å². The lowest BCUT2D eigenvalue weighted by Gasteiger charge is -2.13. The van der Waals surface area contributed by atoms with Gasteiger partial charge in [0.1, 0.15) is 11.6 Å². The molecular weight excluding hydrogens is 469 g/mol. The predicted octanol–water partition coefficient (Wildman–Crippen LogP) is 5.46. The quantitative estimate of drug-likeness (QED) is 0.368. The molecule has 0 unspecified atom stereocenters. The molecule has 10 heteroatoms. The van der Waals surface area contributed by atoms with Crippen molar-refractivity contribution in [1.82, 2.24) is 24.5 Å². The Balaban J connectivity index is 1.34. The number of pyridine rings is 1. The first kappa shape index (κ1) is 23.8. The molecule has 0 saturated heterocycles. The molecule has 0 bridgehead atoms. The van der Waals surface area contributed by atoms with E-state index in [9.17, 15) is 13.2 Å². The topological polar surface area (TPSA) is 77.8 Å². The Labute approximate surface area is 206 Å². The van der Waals surface area contributed by atoms with Gasteiger partial charge in [-0.25, -0.2) is 19.9 Å². The van der Waals surface area contributed by atoms with Crippen molar-refractivity contribution in [3.63, 3.8) is 0 Å². The third-order valence-electron chi connectivity index (χ3n) is 6.06. The number of hydrogen-bond acceptors (Lipinski definition) is 6. The molecule has 7 nitrogen and oxygen atoms in total. The van der Waals surface area contributed by atoms with Gasteiger partial charge in [0.05, 0.1) is 6.61 Å². The molecular formula is C26H25F3N6O. The van der Waals surface area contributed by atoms with Crippen molar-refractivity contribution in [2.24, 2.45) is 7.05 Å². The molecule has 36 heavy (non-hydrogen) atoms. The zero-order chi connectivity index (χ0) is 25.3. The van der Waals surface area contributed by atoms with E-state index in [1.807, 2.05) is 31.2 Å². The molecule has 0 atom stereocenters. The first-order valence-electron chi connectivity index (χ1n) is 11.7. The molecule has 0 aliphatic heterocycles. The van der Waals surface area contributed by atoms with Crippen LogP contribution in [0.2, 0.25) is 0 Å². The van der Waals surface area contributed by atoms with Gasteiger partial charge in [0.15, 0.2) is 11.5 Å². The van der Waals surface area contributed by atoms with Gasteiger partial charge in [-0.15, -0.1) is 0 Å². The van der Waals surface area contributed by atoms with Crippen LogP contribution in [0.4, 0.5) is 19.0 Å². The van der Waals surface area contributed by atoms with E-state index in [2.05, 4.69) is 15.3 Å². The second-order valence-corrected chi connectivity index (χ2v) is 8.60. The molecule has 1 aromatic carbocycles. The first-order valence-corrected chi connectivity index (χ1v) is 11.7. The Bertz CT molecular complexity index is 1360. The van der Waals surface area contributed by atoms with Crippen molar-refractivity contribution in [2.75, 3.05) is 11.9 Å². The van der Waals surface area contributed by atoms with E-state index in [-0.39, 0.29) is 5.82 Å². The number of hydrogen-bond donors (Lipinski definition) is 1. The largest absolute Gasteiger partial charge is 0.478 e. The average molecular weight is 495 g/mol. The minimum atomic E-state index is -4.47. The number of halogens is 3. The predicted molar refractivity (Wildman–Crippen MR) is 129 cm³/mol. The third-order valence-corrected chi connectivity index (χ3v) is 6.06. The summed E-state index contributed by atoms with van der Waals surface area (Å²) in [4.78, 5) is 17.6. The van der Waals surface area contributed by atoms with E-state index < -0.39 is 11.9 Å². The summed E-state index contributed by atoms with van der Waals surface area (Å²) in [6.45, 7) is 2.97. The standard InChI is InChI=1S/C26H25F3N6O/c1-3-36-22-12-11-18(14-30-22)23-32-20-6-4-5-19(20)24(34-23)31-13-16-7-9-17(10-8-16)25-33-21(15-35(25)2)26(27,28)29/h7-12,14-15H,3-6,13H2,1-2H3,(H,31,32,34). The van der Waals surface area contributed by atoms with Crippen molar-refractivity contribution < 1.29 is 17.9 Å². The molecule has 3 heterocycles. The lowest BCUT2D eigenvalue weighted by atomic mass is 10.1. The Hall–Kier alpha value is -3.95. The fraction of sp³-hybridized carbons (Fsp3) is 0.308. The summed E-state index contributed by atoms with van der Waals surface area (Å²) in [5, 5.41) is 3.43. The number of nitrogens with zero attached hydrogens (tertiary/aromatic N) is 5. The van der Waals surface area contributed by atoms with Gasteiger partial charge in [-0.3, -0.25) is 0 Å². The van der Waals surface area contributed by atoms with Crippen LogP contribution in [0.5, 0.6) is 5.88 Å². The second kappa shape index (κ2) is 9.60. The Morgan fingerprint density at radius 3 is 2.44 bits per heavy atom. The van der Waals surface area contributed by atoms with Crippen LogP contribution in [0.25, 0.3) is 22.8 Å². The van der Waals surface area contributed by atoms with E-state index in [0.717, 1.165) is 53.7 Å². The highest BCUT2D eigenvalue weighted by molar-refractivity contribution is 5.61. The number of fused-ring (bicyclic) bond motifs is 1. The fourth-order valence-corrected chi connectivity index (χ4v) is 4.28. The van der Waals surface area contributed by atoms with Crippen LogP contribution < -0.4 is 10.1 Å². The van der Waals surface area contributed by atoms with Gasteiger partial charge in [-0.2, -0.15) is 13.2 Å². The van der Waals surface area contributed by atoms with Gasteiger partial charge < -0.3 is 14.6 Å².